The molecule has 2 heterocycles. The van der Waals surface area contributed by atoms with Crippen LogP contribution in [0.25, 0.3) is 10.2 Å². The van der Waals surface area contributed by atoms with Crippen LogP contribution in [0.3, 0.4) is 0 Å². The highest BCUT2D eigenvalue weighted by atomic mass is 32.1. The summed E-state index contributed by atoms with van der Waals surface area (Å²) < 4.78 is 6.39. The van der Waals surface area contributed by atoms with Crippen LogP contribution in [-0.4, -0.2) is 17.4 Å². The Balaban J connectivity index is 1.44. The molecule has 4 nitrogen and oxygen atoms in total. The van der Waals surface area contributed by atoms with Crippen LogP contribution in [0, 0.1) is 0 Å². The van der Waals surface area contributed by atoms with Crippen molar-refractivity contribution in [2.24, 2.45) is 0 Å². The maximum atomic E-state index is 11.7. The molecule has 1 amide bonds. The van der Waals surface area contributed by atoms with Gasteiger partial charge in [0.05, 0.1) is 21.5 Å². The van der Waals surface area contributed by atoms with Crippen molar-refractivity contribution < 1.29 is 9.21 Å². The van der Waals surface area contributed by atoms with E-state index < -0.39 is 0 Å². The second-order valence-corrected chi connectivity index (χ2v) is 5.87. The molecule has 0 bridgehead atoms. The topological polar surface area (TPSA) is 55.1 Å². The van der Waals surface area contributed by atoms with Gasteiger partial charge in [0.2, 0.25) is 5.91 Å². The van der Waals surface area contributed by atoms with Crippen LogP contribution >= 0.6 is 11.3 Å². The van der Waals surface area contributed by atoms with E-state index >= 15 is 0 Å². The molecule has 0 radical (unpaired) electrons. The van der Waals surface area contributed by atoms with Crippen molar-refractivity contribution in [2.45, 2.75) is 19.3 Å². The Labute approximate surface area is 126 Å². The van der Waals surface area contributed by atoms with Gasteiger partial charge >= 0.3 is 0 Å². The van der Waals surface area contributed by atoms with Crippen LogP contribution < -0.4 is 5.32 Å². The molecule has 0 spiro atoms. The molecular weight excluding hydrogens is 284 g/mol. The summed E-state index contributed by atoms with van der Waals surface area (Å²) in [5.74, 6) is 0.892. The third kappa shape index (κ3) is 3.70. The lowest BCUT2D eigenvalue weighted by Gasteiger charge is -2.02. The van der Waals surface area contributed by atoms with Gasteiger partial charge in [-0.2, -0.15) is 0 Å². The van der Waals surface area contributed by atoms with Crippen molar-refractivity contribution >= 4 is 27.5 Å². The lowest BCUT2D eigenvalue weighted by molar-refractivity contribution is -0.121. The zero-order valence-electron chi connectivity index (χ0n) is 11.5. The number of aryl methyl sites for hydroxylation is 1. The Hall–Kier alpha value is -2.14. The number of furan rings is 1. The van der Waals surface area contributed by atoms with Gasteiger partial charge in [-0.25, -0.2) is 4.98 Å². The fourth-order valence-electron chi connectivity index (χ4n) is 2.12. The second-order valence-electron chi connectivity index (χ2n) is 4.75. The van der Waals surface area contributed by atoms with E-state index in [4.69, 9.17) is 4.42 Å². The fraction of sp³-hybridized carbons (Fsp3) is 0.250. The average Bonchev–Trinajstić information content (AvgIpc) is 3.14. The number of para-hydroxylation sites is 1. The minimum Gasteiger partial charge on any atom is -0.469 e. The van der Waals surface area contributed by atoms with E-state index in [0.29, 0.717) is 19.4 Å². The zero-order chi connectivity index (χ0) is 14.5. The first kappa shape index (κ1) is 13.8. The lowest BCUT2D eigenvalue weighted by Crippen LogP contribution is -2.25. The monoisotopic (exact) mass is 300 g/mol. The zero-order valence-corrected chi connectivity index (χ0v) is 12.4. The molecular formula is C16H16N2O2S. The first-order valence-electron chi connectivity index (χ1n) is 6.95. The molecule has 0 aliphatic rings. The number of rotatable bonds is 6. The number of hydrogen-bond donors (Lipinski definition) is 1. The van der Waals surface area contributed by atoms with Gasteiger partial charge in [-0.15, -0.1) is 11.3 Å². The molecule has 3 rings (SSSR count). The Bertz CT molecular complexity index is 686. The summed E-state index contributed by atoms with van der Waals surface area (Å²) in [5, 5.41) is 3.98. The number of benzene rings is 1. The van der Waals surface area contributed by atoms with Crippen molar-refractivity contribution in [3.8, 4) is 0 Å². The van der Waals surface area contributed by atoms with Crippen LogP contribution in [0.15, 0.2) is 47.1 Å². The van der Waals surface area contributed by atoms with E-state index in [1.54, 1.807) is 17.6 Å². The molecule has 0 saturated heterocycles. The molecule has 0 unspecified atom stereocenters. The van der Waals surface area contributed by atoms with Gasteiger partial charge in [-0.3, -0.25) is 4.79 Å². The summed E-state index contributed by atoms with van der Waals surface area (Å²) in [6.45, 7) is 0.622. The number of carbonyl (C=O) groups excluding carboxylic acids is 1. The third-order valence-corrected chi connectivity index (χ3v) is 4.27. The van der Waals surface area contributed by atoms with Crippen molar-refractivity contribution in [1.82, 2.24) is 10.3 Å². The highest BCUT2D eigenvalue weighted by molar-refractivity contribution is 7.18. The Morgan fingerprint density at radius 2 is 2.10 bits per heavy atom. The SMILES string of the molecule is O=C(CCc1ccco1)NCCc1nc2ccccc2s1. The Morgan fingerprint density at radius 1 is 1.19 bits per heavy atom. The molecule has 0 aliphatic carbocycles. The summed E-state index contributed by atoms with van der Waals surface area (Å²) in [4.78, 5) is 16.3. The predicted octanol–water partition coefficient (Wildman–Crippen LogP) is 3.18. The Kier molecular flexibility index (Phi) is 4.31. The predicted molar refractivity (Wildman–Crippen MR) is 83.4 cm³/mol. The van der Waals surface area contributed by atoms with Gasteiger partial charge in [0, 0.05) is 25.8 Å². The summed E-state index contributed by atoms with van der Waals surface area (Å²) in [6.07, 6.45) is 3.49. The summed E-state index contributed by atoms with van der Waals surface area (Å²) >= 11 is 1.68. The summed E-state index contributed by atoms with van der Waals surface area (Å²) in [5.41, 5.74) is 1.03. The molecule has 1 N–H and O–H groups in total. The fourth-order valence-corrected chi connectivity index (χ4v) is 3.08. The number of nitrogens with zero attached hydrogens (tertiary/aromatic N) is 1. The van der Waals surface area contributed by atoms with Crippen LogP contribution in [-0.2, 0) is 17.6 Å². The van der Waals surface area contributed by atoms with Gasteiger partial charge in [-0.05, 0) is 24.3 Å². The standard InChI is InChI=1S/C16H16N2O2S/c19-15(8-7-12-4-3-11-20-12)17-10-9-16-18-13-5-1-2-6-14(13)21-16/h1-6,11H,7-10H2,(H,17,19). The van der Waals surface area contributed by atoms with Crippen molar-refractivity contribution in [3.05, 3.63) is 53.4 Å². The third-order valence-electron chi connectivity index (χ3n) is 3.18. The molecule has 5 heteroatoms. The first-order chi connectivity index (χ1) is 10.3. The van der Waals surface area contributed by atoms with Gasteiger partial charge in [0.1, 0.15) is 5.76 Å². The average molecular weight is 300 g/mol. The molecule has 0 fully saturated rings. The van der Waals surface area contributed by atoms with Crippen LogP contribution in [0.2, 0.25) is 0 Å². The van der Waals surface area contributed by atoms with E-state index in [-0.39, 0.29) is 5.91 Å². The van der Waals surface area contributed by atoms with E-state index in [0.717, 1.165) is 22.7 Å². The summed E-state index contributed by atoms with van der Waals surface area (Å²) in [7, 11) is 0. The maximum Gasteiger partial charge on any atom is 0.220 e. The minimum atomic E-state index is 0.0486. The highest BCUT2D eigenvalue weighted by Gasteiger charge is 2.06. The van der Waals surface area contributed by atoms with Crippen molar-refractivity contribution in [3.63, 3.8) is 0 Å². The van der Waals surface area contributed by atoms with Crippen LogP contribution in [0.1, 0.15) is 17.2 Å². The number of hydrogen-bond acceptors (Lipinski definition) is 4. The summed E-state index contributed by atoms with van der Waals surface area (Å²) in [6, 6.07) is 11.8. The number of amides is 1. The van der Waals surface area contributed by atoms with Gasteiger partial charge < -0.3 is 9.73 Å². The minimum absolute atomic E-state index is 0.0486. The van der Waals surface area contributed by atoms with Gasteiger partial charge in [0.15, 0.2) is 0 Å². The van der Waals surface area contributed by atoms with Crippen molar-refractivity contribution in [1.29, 1.82) is 0 Å². The lowest BCUT2D eigenvalue weighted by atomic mass is 10.2. The molecule has 108 valence electrons. The van der Waals surface area contributed by atoms with Crippen LogP contribution in [0.4, 0.5) is 0 Å². The largest absolute Gasteiger partial charge is 0.469 e. The molecule has 1 aromatic carbocycles. The molecule has 3 aromatic rings. The van der Waals surface area contributed by atoms with E-state index in [9.17, 15) is 4.79 Å². The van der Waals surface area contributed by atoms with Crippen molar-refractivity contribution in [2.75, 3.05) is 6.54 Å². The van der Waals surface area contributed by atoms with E-state index in [1.165, 1.54) is 4.70 Å². The number of carbonyl (C=O) groups is 1. The van der Waals surface area contributed by atoms with Gasteiger partial charge in [-0.1, -0.05) is 12.1 Å². The van der Waals surface area contributed by atoms with E-state index in [2.05, 4.69) is 16.4 Å². The molecule has 21 heavy (non-hydrogen) atoms. The quantitative estimate of drug-likeness (QED) is 0.760. The number of fused-ring (bicyclic) bond motifs is 1. The number of aromatic nitrogens is 1. The highest BCUT2D eigenvalue weighted by Crippen LogP contribution is 2.21. The van der Waals surface area contributed by atoms with Crippen LogP contribution in [0.5, 0.6) is 0 Å². The smallest absolute Gasteiger partial charge is 0.220 e. The Morgan fingerprint density at radius 3 is 2.90 bits per heavy atom. The maximum absolute atomic E-state index is 11.7. The molecule has 0 aliphatic heterocycles. The number of thiazole rings is 1. The number of nitrogens with one attached hydrogen (secondary N) is 1. The normalized spacial score (nSPS) is 10.9. The molecule has 0 atom stereocenters. The molecule has 0 saturated carbocycles. The van der Waals surface area contributed by atoms with Gasteiger partial charge in [0.25, 0.3) is 0 Å². The first-order valence-corrected chi connectivity index (χ1v) is 7.76. The second kappa shape index (κ2) is 6.54. The molecule has 2 aromatic heterocycles. The van der Waals surface area contributed by atoms with E-state index in [1.807, 2.05) is 30.3 Å².